The molecule has 15 heavy (non-hydrogen) atoms. The number of aliphatic hydroxyl groups is 1. The first kappa shape index (κ1) is 12.9. The van der Waals surface area contributed by atoms with Crippen LogP contribution in [-0.4, -0.2) is 38.0 Å². The molecule has 0 aliphatic heterocycles. The first-order chi connectivity index (χ1) is 7.24. The molecule has 1 rings (SSSR count). The Labute approximate surface area is 93.2 Å². The molecular weight excluding hydrogens is 190 g/mol. The van der Waals surface area contributed by atoms with Crippen LogP contribution in [0.15, 0.2) is 0 Å². The molecule has 0 aromatic rings. The largest absolute Gasteiger partial charge is 0.392 e. The van der Waals surface area contributed by atoms with Gasteiger partial charge in [0.2, 0.25) is 0 Å². The minimum Gasteiger partial charge on any atom is -0.392 e. The minimum absolute atomic E-state index is 0.176. The van der Waals surface area contributed by atoms with Crippen molar-refractivity contribution in [2.75, 3.05) is 26.8 Å². The predicted octanol–water partition coefficient (Wildman–Crippen LogP) is 1.41. The fraction of sp³-hybridized carbons (Fsp3) is 1.00. The van der Waals surface area contributed by atoms with Gasteiger partial charge >= 0.3 is 0 Å². The number of rotatable bonds is 6. The van der Waals surface area contributed by atoms with Crippen LogP contribution in [0.3, 0.4) is 0 Å². The maximum absolute atomic E-state index is 9.99. The fourth-order valence-electron chi connectivity index (χ4n) is 2.42. The Kier molecular flexibility index (Phi) is 6.22. The highest BCUT2D eigenvalue weighted by molar-refractivity contribution is 4.77. The Bertz CT molecular complexity index is 164. The second-order valence-electron chi connectivity index (χ2n) is 4.80. The summed E-state index contributed by atoms with van der Waals surface area (Å²) in [5.74, 6) is 1.29. The molecule has 1 aliphatic rings. The van der Waals surface area contributed by atoms with Crippen molar-refractivity contribution in [2.24, 2.45) is 11.8 Å². The molecule has 3 unspecified atom stereocenters. The van der Waals surface area contributed by atoms with Gasteiger partial charge < -0.3 is 15.2 Å². The standard InChI is InChI=1S/C12H25NO2/c1-10-4-3-5-11(8-10)12(14)9-13-6-7-15-2/h10-14H,3-9H2,1-2H3. The van der Waals surface area contributed by atoms with E-state index in [1.165, 1.54) is 25.7 Å². The molecule has 3 atom stereocenters. The summed E-state index contributed by atoms with van der Waals surface area (Å²) in [5, 5.41) is 13.2. The highest BCUT2D eigenvalue weighted by Crippen LogP contribution is 2.30. The molecule has 0 spiro atoms. The summed E-state index contributed by atoms with van der Waals surface area (Å²) in [6.07, 6.45) is 4.82. The van der Waals surface area contributed by atoms with E-state index in [2.05, 4.69) is 12.2 Å². The van der Waals surface area contributed by atoms with E-state index in [1.54, 1.807) is 7.11 Å². The van der Waals surface area contributed by atoms with Crippen molar-refractivity contribution in [3.05, 3.63) is 0 Å². The van der Waals surface area contributed by atoms with Gasteiger partial charge in [0.05, 0.1) is 12.7 Å². The first-order valence-electron chi connectivity index (χ1n) is 6.11. The normalized spacial score (nSPS) is 29.0. The predicted molar refractivity (Wildman–Crippen MR) is 61.9 cm³/mol. The Balaban J connectivity index is 2.12. The molecule has 2 N–H and O–H groups in total. The van der Waals surface area contributed by atoms with Gasteiger partial charge in [0.1, 0.15) is 0 Å². The number of nitrogens with one attached hydrogen (secondary N) is 1. The Hall–Kier alpha value is -0.120. The first-order valence-corrected chi connectivity index (χ1v) is 6.11. The van der Waals surface area contributed by atoms with E-state index < -0.39 is 0 Å². The van der Waals surface area contributed by atoms with Gasteiger partial charge in [-0.1, -0.05) is 19.8 Å². The third-order valence-electron chi connectivity index (χ3n) is 3.36. The van der Waals surface area contributed by atoms with Crippen LogP contribution in [0.1, 0.15) is 32.6 Å². The van der Waals surface area contributed by atoms with Crippen molar-refractivity contribution in [2.45, 2.75) is 38.7 Å². The maximum Gasteiger partial charge on any atom is 0.0692 e. The molecule has 0 saturated heterocycles. The summed E-state index contributed by atoms with van der Waals surface area (Å²) in [7, 11) is 1.70. The topological polar surface area (TPSA) is 41.5 Å². The third-order valence-corrected chi connectivity index (χ3v) is 3.36. The van der Waals surface area contributed by atoms with Crippen LogP contribution in [0, 0.1) is 11.8 Å². The molecule has 1 saturated carbocycles. The third kappa shape index (κ3) is 4.96. The van der Waals surface area contributed by atoms with Gasteiger partial charge in [-0.3, -0.25) is 0 Å². The second kappa shape index (κ2) is 7.20. The van der Waals surface area contributed by atoms with Crippen LogP contribution in [-0.2, 0) is 4.74 Å². The summed E-state index contributed by atoms with van der Waals surface area (Å²) >= 11 is 0. The molecule has 0 amide bonds. The zero-order chi connectivity index (χ0) is 11.1. The number of hydrogen-bond acceptors (Lipinski definition) is 3. The van der Waals surface area contributed by atoms with Gasteiger partial charge in [0, 0.05) is 20.2 Å². The molecule has 0 bridgehead atoms. The van der Waals surface area contributed by atoms with Crippen molar-refractivity contribution in [3.63, 3.8) is 0 Å². The number of methoxy groups -OCH3 is 1. The highest BCUT2D eigenvalue weighted by Gasteiger charge is 2.24. The van der Waals surface area contributed by atoms with Gasteiger partial charge in [-0.2, -0.15) is 0 Å². The van der Waals surface area contributed by atoms with Crippen LogP contribution in [0.4, 0.5) is 0 Å². The monoisotopic (exact) mass is 215 g/mol. The SMILES string of the molecule is COCCNCC(O)C1CCCC(C)C1. The summed E-state index contributed by atoms with van der Waals surface area (Å²) in [5.41, 5.74) is 0. The number of hydrogen-bond donors (Lipinski definition) is 2. The van der Waals surface area contributed by atoms with Gasteiger partial charge in [0.15, 0.2) is 0 Å². The van der Waals surface area contributed by atoms with E-state index >= 15 is 0 Å². The molecule has 90 valence electrons. The van der Waals surface area contributed by atoms with Crippen LogP contribution < -0.4 is 5.32 Å². The lowest BCUT2D eigenvalue weighted by atomic mass is 9.79. The van der Waals surface area contributed by atoms with Gasteiger partial charge in [0.25, 0.3) is 0 Å². The van der Waals surface area contributed by atoms with Crippen molar-refractivity contribution < 1.29 is 9.84 Å². The molecule has 1 fully saturated rings. The average molecular weight is 215 g/mol. The Morgan fingerprint density at radius 1 is 1.47 bits per heavy atom. The molecule has 0 radical (unpaired) electrons. The van der Waals surface area contributed by atoms with Gasteiger partial charge in [-0.05, 0) is 24.7 Å². The lowest BCUT2D eigenvalue weighted by Gasteiger charge is -2.30. The van der Waals surface area contributed by atoms with Crippen molar-refractivity contribution in [1.82, 2.24) is 5.32 Å². The minimum atomic E-state index is -0.176. The summed E-state index contributed by atoms with van der Waals surface area (Å²) in [4.78, 5) is 0. The zero-order valence-electron chi connectivity index (χ0n) is 10.0. The van der Waals surface area contributed by atoms with E-state index in [1.807, 2.05) is 0 Å². The molecule has 1 aliphatic carbocycles. The number of ether oxygens (including phenoxy) is 1. The Morgan fingerprint density at radius 2 is 2.27 bits per heavy atom. The van der Waals surface area contributed by atoms with Gasteiger partial charge in [-0.25, -0.2) is 0 Å². The highest BCUT2D eigenvalue weighted by atomic mass is 16.5. The van der Waals surface area contributed by atoms with Crippen LogP contribution >= 0.6 is 0 Å². The molecule has 0 aromatic carbocycles. The quantitative estimate of drug-likeness (QED) is 0.658. The van der Waals surface area contributed by atoms with E-state index in [0.29, 0.717) is 19.1 Å². The van der Waals surface area contributed by atoms with E-state index in [0.717, 1.165) is 12.5 Å². The van der Waals surface area contributed by atoms with Crippen LogP contribution in [0.2, 0.25) is 0 Å². The lowest BCUT2D eigenvalue weighted by Crippen LogP contribution is -2.36. The average Bonchev–Trinajstić information content (AvgIpc) is 2.24. The van der Waals surface area contributed by atoms with Crippen LogP contribution in [0.25, 0.3) is 0 Å². The van der Waals surface area contributed by atoms with Crippen molar-refractivity contribution in [1.29, 1.82) is 0 Å². The van der Waals surface area contributed by atoms with E-state index in [-0.39, 0.29) is 6.10 Å². The summed E-state index contributed by atoms with van der Waals surface area (Å²) < 4.78 is 4.94. The molecule has 0 aromatic heterocycles. The molecule has 0 heterocycles. The zero-order valence-corrected chi connectivity index (χ0v) is 10.0. The summed E-state index contributed by atoms with van der Waals surface area (Å²) in [6.45, 7) is 4.54. The van der Waals surface area contributed by atoms with E-state index in [9.17, 15) is 5.11 Å². The molecule has 3 nitrogen and oxygen atoms in total. The lowest BCUT2D eigenvalue weighted by molar-refractivity contribution is 0.0696. The summed E-state index contributed by atoms with van der Waals surface area (Å²) in [6, 6.07) is 0. The number of aliphatic hydroxyl groups excluding tert-OH is 1. The molecule has 3 heteroatoms. The fourth-order valence-corrected chi connectivity index (χ4v) is 2.42. The Morgan fingerprint density at radius 3 is 2.93 bits per heavy atom. The second-order valence-corrected chi connectivity index (χ2v) is 4.80. The van der Waals surface area contributed by atoms with Crippen LogP contribution in [0.5, 0.6) is 0 Å². The van der Waals surface area contributed by atoms with E-state index in [4.69, 9.17) is 4.74 Å². The van der Waals surface area contributed by atoms with Crippen molar-refractivity contribution in [3.8, 4) is 0 Å². The van der Waals surface area contributed by atoms with Crippen molar-refractivity contribution >= 4 is 0 Å². The molecular formula is C12H25NO2. The smallest absolute Gasteiger partial charge is 0.0692 e. The maximum atomic E-state index is 9.99. The van der Waals surface area contributed by atoms with Gasteiger partial charge in [-0.15, -0.1) is 0 Å².